The molecule has 112 valence electrons. The van der Waals surface area contributed by atoms with Crippen LogP contribution in [0.3, 0.4) is 0 Å². The molecule has 20 heavy (non-hydrogen) atoms. The predicted octanol–water partition coefficient (Wildman–Crippen LogP) is 1.41. The van der Waals surface area contributed by atoms with E-state index in [1.54, 1.807) is 12.1 Å². The van der Waals surface area contributed by atoms with Gasteiger partial charge in [0.25, 0.3) is 0 Å². The van der Waals surface area contributed by atoms with Crippen molar-refractivity contribution in [2.45, 2.75) is 36.6 Å². The van der Waals surface area contributed by atoms with E-state index < -0.39 is 9.84 Å². The third-order valence-electron chi connectivity index (χ3n) is 3.82. The minimum Gasteiger partial charge on any atom is -0.396 e. The van der Waals surface area contributed by atoms with Crippen molar-refractivity contribution in [1.29, 1.82) is 0 Å². The fraction of sp³-hybridized carbons (Fsp3) is 0.571. The highest BCUT2D eigenvalue weighted by atomic mass is 32.2. The first kappa shape index (κ1) is 15.1. The Bertz CT molecular complexity index is 568. The van der Waals surface area contributed by atoms with Crippen LogP contribution in [-0.2, 0) is 9.84 Å². The first-order valence-electron chi connectivity index (χ1n) is 6.91. The van der Waals surface area contributed by atoms with E-state index in [-0.39, 0.29) is 11.5 Å². The number of nitrogen functional groups attached to an aromatic ring is 1. The summed E-state index contributed by atoms with van der Waals surface area (Å²) in [7, 11) is -3.33. The summed E-state index contributed by atoms with van der Waals surface area (Å²) in [5.74, 6) is 0. The standard InChI is InChI=1S/C14H22N2O3S/c1-20(18,19)13-8-3-7-12(14(13)15)16(9-4-10-17)11-5-2-6-11/h3,7-8,11,17H,2,4-6,9-10,15H2,1H3. The van der Waals surface area contributed by atoms with Gasteiger partial charge in [0.15, 0.2) is 9.84 Å². The average molecular weight is 298 g/mol. The van der Waals surface area contributed by atoms with E-state index in [0.717, 1.165) is 18.5 Å². The zero-order valence-corrected chi connectivity index (χ0v) is 12.6. The van der Waals surface area contributed by atoms with E-state index in [0.29, 0.717) is 24.7 Å². The smallest absolute Gasteiger partial charge is 0.177 e. The van der Waals surface area contributed by atoms with Crippen LogP contribution in [0.4, 0.5) is 11.4 Å². The van der Waals surface area contributed by atoms with E-state index in [1.807, 2.05) is 6.07 Å². The molecule has 1 aromatic carbocycles. The lowest BCUT2D eigenvalue weighted by Gasteiger charge is -2.40. The second kappa shape index (κ2) is 6.01. The molecule has 0 amide bonds. The second-order valence-electron chi connectivity index (χ2n) is 5.32. The van der Waals surface area contributed by atoms with Gasteiger partial charge in [-0.2, -0.15) is 0 Å². The number of aliphatic hydroxyl groups is 1. The summed E-state index contributed by atoms with van der Waals surface area (Å²) in [5, 5.41) is 9.03. The van der Waals surface area contributed by atoms with Gasteiger partial charge < -0.3 is 15.7 Å². The third-order valence-corrected chi connectivity index (χ3v) is 4.98. The molecule has 1 aliphatic carbocycles. The number of aliphatic hydroxyl groups excluding tert-OH is 1. The van der Waals surface area contributed by atoms with Crippen LogP contribution in [0, 0.1) is 0 Å². The first-order valence-corrected chi connectivity index (χ1v) is 8.80. The Morgan fingerprint density at radius 2 is 2.10 bits per heavy atom. The Kier molecular flexibility index (Phi) is 4.55. The first-order chi connectivity index (χ1) is 9.45. The molecule has 0 radical (unpaired) electrons. The summed E-state index contributed by atoms with van der Waals surface area (Å²) < 4.78 is 23.5. The van der Waals surface area contributed by atoms with Crippen molar-refractivity contribution >= 4 is 21.2 Å². The van der Waals surface area contributed by atoms with Gasteiger partial charge in [0, 0.05) is 25.4 Å². The SMILES string of the molecule is CS(=O)(=O)c1cccc(N(CCCO)C2CCC2)c1N. The normalized spacial score (nSPS) is 15.9. The van der Waals surface area contributed by atoms with Gasteiger partial charge in [0.05, 0.1) is 16.3 Å². The van der Waals surface area contributed by atoms with Crippen molar-refractivity contribution in [2.75, 3.05) is 30.0 Å². The van der Waals surface area contributed by atoms with Gasteiger partial charge in [0.2, 0.25) is 0 Å². The minimum absolute atomic E-state index is 0.120. The van der Waals surface area contributed by atoms with Gasteiger partial charge in [-0.3, -0.25) is 0 Å². The minimum atomic E-state index is -3.33. The lowest BCUT2D eigenvalue weighted by atomic mass is 9.90. The lowest BCUT2D eigenvalue weighted by molar-refractivity contribution is 0.283. The third kappa shape index (κ3) is 3.07. The summed E-state index contributed by atoms with van der Waals surface area (Å²) in [5.41, 5.74) is 7.16. The molecule has 0 bridgehead atoms. The van der Waals surface area contributed by atoms with Crippen LogP contribution in [0.5, 0.6) is 0 Å². The number of anilines is 2. The monoisotopic (exact) mass is 298 g/mol. The quantitative estimate of drug-likeness (QED) is 0.776. The van der Waals surface area contributed by atoms with Gasteiger partial charge in [-0.25, -0.2) is 8.42 Å². The fourth-order valence-electron chi connectivity index (χ4n) is 2.55. The molecule has 5 nitrogen and oxygen atoms in total. The number of rotatable bonds is 6. The van der Waals surface area contributed by atoms with E-state index in [1.165, 1.54) is 12.7 Å². The molecule has 1 saturated carbocycles. The van der Waals surface area contributed by atoms with Crippen LogP contribution in [0.15, 0.2) is 23.1 Å². The zero-order chi connectivity index (χ0) is 14.8. The second-order valence-corrected chi connectivity index (χ2v) is 7.30. The molecular formula is C14H22N2O3S. The molecule has 0 aliphatic heterocycles. The van der Waals surface area contributed by atoms with Crippen LogP contribution in [0.2, 0.25) is 0 Å². The highest BCUT2D eigenvalue weighted by Gasteiger charge is 2.27. The Morgan fingerprint density at radius 3 is 2.60 bits per heavy atom. The highest BCUT2D eigenvalue weighted by Crippen LogP contribution is 2.35. The Hall–Kier alpha value is -1.27. The summed E-state index contributed by atoms with van der Waals surface area (Å²) in [4.78, 5) is 2.33. The van der Waals surface area contributed by atoms with E-state index in [4.69, 9.17) is 10.8 Å². The van der Waals surface area contributed by atoms with Crippen molar-refractivity contribution in [1.82, 2.24) is 0 Å². The molecule has 0 unspecified atom stereocenters. The average Bonchev–Trinajstić information content (AvgIpc) is 2.31. The molecule has 1 aromatic rings. The van der Waals surface area contributed by atoms with Gasteiger partial charge in [0.1, 0.15) is 0 Å². The summed E-state index contributed by atoms with van der Waals surface area (Å²) >= 11 is 0. The summed E-state index contributed by atoms with van der Waals surface area (Å²) in [6, 6.07) is 5.53. The van der Waals surface area contributed by atoms with Crippen LogP contribution in [-0.4, -0.2) is 39.0 Å². The molecule has 1 fully saturated rings. The highest BCUT2D eigenvalue weighted by molar-refractivity contribution is 7.90. The molecule has 0 heterocycles. The number of nitrogens with zero attached hydrogens (tertiary/aromatic N) is 1. The number of para-hydroxylation sites is 1. The lowest BCUT2D eigenvalue weighted by Crippen LogP contribution is -2.41. The number of hydrogen-bond donors (Lipinski definition) is 2. The van der Waals surface area contributed by atoms with Gasteiger partial charge >= 0.3 is 0 Å². The molecule has 0 atom stereocenters. The topological polar surface area (TPSA) is 83.6 Å². The Morgan fingerprint density at radius 1 is 1.40 bits per heavy atom. The van der Waals surface area contributed by atoms with Crippen LogP contribution in [0.1, 0.15) is 25.7 Å². The summed E-state index contributed by atoms with van der Waals surface area (Å²) in [6.45, 7) is 0.813. The maximum absolute atomic E-state index is 11.8. The zero-order valence-electron chi connectivity index (χ0n) is 11.7. The molecule has 3 N–H and O–H groups in total. The van der Waals surface area contributed by atoms with Crippen LogP contribution < -0.4 is 10.6 Å². The van der Waals surface area contributed by atoms with E-state index >= 15 is 0 Å². The van der Waals surface area contributed by atoms with Crippen molar-refractivity contribution < 1.29 is 13.5 Å². The van der Waals surface area contributed by atoms with Gasteiger partial charge in [-0.15, -0.1) is 0 Å². The molecule has 0 aromatic heterocycles. The number of nitrogens with two attached hydrogens (primary N) is 1. The van der Waals surface area contributed by atoms with E-state index in [2.05, 4.69) is 4.90 Å². The van der Waals surface area contributed by atoms with E-state index in [9.17, 15) is 8.42 Å². The predicted molar refractivity (Wildman–Crippen MR) is 80.7 cm³/mol. The van der Waals surface area contributed by atoms with Crippen LogP contribution in [0.25, 0.3) is 0 Å². The number of benzene rings is 1. The van der Waals surface area contributed by atoms with Crippen molar-refractivity contribution in [3.05, 3.63) is 18.2 Å². The Labute approximate surface area is 120 Å². The van der Waals surface area contributed by atoms with Crippen LogP contribution >= 0.6 is 0 Å². The van der Waals surface area contributed by atoms with Gasteiger partial charge in [-0.1, -0.05) is 6.07 Å². The van der Waals surface area contributed by atoms with Crippen molar-refractivity contribution in [3.63, 3.8) is 0 Å². The molecular weight excluding hydrogens is 276 g/mol. The maximum Gasteiger partial charge on any atom is 0.177 e. The van der Waals surface area contributed by atoms with Crippen molar-refractivity contribution in [3.8, 4) is 0 Å². The molecule has 0 saturated heterocycles. The maximum atomic E-state index is 11.8. The summed E-state index contributed by atoms with van der Waals surface area (Å²) in [6.07, 6.45) is 5.19. The Balaban J connectivity index is 2.37. The van der Waals surface area contributed by atoms with Crippen molar-refractivity contribution in [2.24, 2.45) is 0 Å². The molecule has 6 heteroatoms. The largest absolute Gasteiger partial charge is 0.396 e. The number of hydrogen-bond acceptors (Lipinski definition) is 5. The van der Waals surface area contributed by atoms with Gasteiger partial charge in [-0.05, 0) is 37.8 Å². The fourth-order valence-corrected chi connectivity index (χ4v) is 3.38. The number of sulfone groups is 1. The molecule has 2 rings (SSSR count). The molecule has 0 spiro atoms. The molecule has 1 aliphatic rings.